The van der Waals surface area contributed by atoms with Gasteiger partial charge in [-0.3, -0.25) is 4.98 Å². The minimum atomic E-state index is 0.0166. The number of benzene rings is 1. The molecule has 3 rings (SSSR count). The summed E-state index contributed by atoms with van der Waals surface area (Å²) in [5.74, 6) is 2.08. The van der Waals surface area contributed by atoms with Gasteiger partial charge in [0.25, 0.3) is 0 Å². The molecule has 0 radical (unpaired) electrons. The van der Waals surface area contributed by atoms with Crippen molar-refractivity contribution in [2.45, 2.75) is 25.3 Å². The van der Waals surface area contributed by atoms with Gasteiger partial charge in [0.2, 0.25) is 0 Å². The number of nitrogens with zero attached hydrogens (tertiary/aromatic N) is 1. The van der Waals surface area contributed by atoms with Crippen LogP contribution >= 0.6 is 0 Å². The minimum Gasteiger partial charge on any atom is -0.497 e. The van der Waals surface area contributed by atoms with Crippen LogP contribution in [0, 0.1) is 11.8 Å². The smallest absolute Gasteiger partial charge is 0.119 e. The Bertz CT molecular complexity index is 700. The Labute approximate surface area is 144 Å². The summed E-state index contributed by atoms with van der Waals surface area (Å²) in [6.07, 6.45) is 7.25. The van der Waals surface area contributed by atoms with Crippen LogP contribution in [0.3, 0.4) is 0 Å². The van der Waals surface area contributed by atoms with E-state index in [4.69, 9.17) is 10.5 Å². The Morgan fingerprint density at radius 1 is 1.46 bits per heavy atom. The monoisotopic (exact) mass is 325 g/mol. The molecule has 1 aromatic carbocycles. The number of nitrogens with two attached hydrogens (primary N) is 1. The first-order valence-corrected chi connectivity index (χ1v) is 8.74. The second-order valence-electron chi connectivity index (χ2n) is 6.62. The van der Waals surface area contributed by atoms with Crippen molar-refractivity contribution in [1.82, 2.24) is 10.3 Å². The lowest BCUT2D eigenvalue weighted by atomic mass is 9.82. The predicted octanol–water partition coefficient (Wildman–Crippen LogP) is 3.44. The van der Waals surface area contributed by atoms with Gasteiger partial charge in [0.1, 0.15) is 5.75 Å². The molecule has 4 heteroatoms. The van der Waals surface area contributed by atoms with E-state index in [2.05, 4.69) is 23.0 Å². The zero-order valence-electron chi connectivity index (χ0n) is 14.4. The molecule has 3 N–H and O–H groups in total. The molecule has 1 aromatic heterocycles. The fourth-order valence-electron chi connectivity index (χ4n) is 3.72. The van der Waals surface area contributed by atoms with Crippen molar-refractivity contribution in [3.63, 3.8) is 0 Å². The van der Waals surface area contributed by atoms with Crippen LogP contribution in [0.1, 0.15) is 30.9 Å². The average molecular weight is 325 g/mol. The fraction of sp³-hybridized carbons (Fsp3) is 0.450. The summed E-state index contributed by atoms with van der Waals surface area (Å²) >= 11 is 0. The number of fused-ring (bicyclic) bond motifs is 1. The van der Waals surface area contributed by atoms with E-state index in [-0.39, 0.29) is 6.04 Å². The van der Waals surface area contributed by atoms with Crippen LogP contribution in [0.4, 0.5) is 0 Å². The molecule has 4 nitrogen and oxygen atoms in total. The van der Waals surface area contributed by atoms with E-state index in [1.807, 2.05) is 30.5 Å². The Kier molecular flexibility index (Phi) is 5.48. The highest BCUT2D eigenvalue weighted by atomic mass is 16.5. The second-order valence-corrected chi connectivity index (χ2v) is 6.62. The molecule has 3 atom stereocenters. The predicted molar refractivity (Wildman–Crippen MR) is 99.1 cm³/mol. The number of ether oxygens (including phenoxy) is 1. The zero-order chi connectivity index (χ0) is 16.9. The van der Waals surface area contributed by atoms with E-state index in [9.17, 15) is 0 Å². The lowest BCUT2D eigenvalue weighted by Gasteiger charge is -2.31. The van der Waals surface area contributed by atoms with E-state index in [0.717, 1.165) is 48.1 Å². The Morgan fingerprint density at radius 2 is 2.33 bits per heavy atom. The number of pyridine rings is 1. The third-order valence-corrected chi connectivity index (χ3v) is 5.21. The van der Waals surface area contributed by atoms with Crippen molar-refractivity contribution >= 4 is 10.9 Å². The number of methoxy groups -OCH3 is 1. The summed E-state index contributed by atoms with van der Waals surface area (Å²) in [7, 11) is 1.68. The Morgan fingerprint density at radius 3 is 3.12 bits per heavy atom. The molecule has 2 aromatic rings. The summed E-state index contributed by atoms with van der Waals surface area (Å²) in [6, 6.07) is 8.02. The summed E-state index contributed by atoms with van der Waals surface area (Å²) in [6.45, 7) is 6.12. The second kappa shape index (κ2) is 7.77. The molecule has 0 aliphatic carbocycles. The summed E-state index contributed by atoms with van der Waals surface area (Å²) in [5.41, 5.74) is 8.67. The lowest BCUT2D eigenvalue weighted by Crippen LogP contribution is -2.35. The molecule has 0 amide bonds. The summed E-state index contributed by atoms with van der Waals surface area (Å²) < 4.78 is 5.35. The molecule has 1 aliphatic rings. The van der Waals surface area contributed by atoms with Gasteiger partial charge in [0.05, 0.1) is 12.6 Å². The number of hydrogen-bond donors (Lipinski definition) is 2. The molecular formula is C20H27N3O. The molecule has 1 fully saturated rings. The Balaban J connectivity index is 1.76. The van der Waals surface area contributed by atoms with Gasteiger partial charge >= 0.3 is 0 Å². The van der Waals surface area contributed by atoms with Crippen molar-refractivity contribution < 1.29 is 4.74 Å². The third-order valence-electron chi connectivity index (χ3n) is 5.21. The largest absolute Gasteiger partial charge is 0.497 e. The molecule has 24 heavy (non-hydrogen) atoms. The number of hydrogen-bond acceptors (Lipinski definition) is 4. The maximum absolute atomic E-state index is 6.55. The number of nitrogens with one attached hydrogen (secondary N) is 1. The first-order valence-electron chi connectivity index (χ1n) is 8.74. The van der Waals surface area contributed by atoms with Gasteiger partial charge in [0.15, 0.2) is 0 Å². The maximum Gasteiger partial charge on any atom is 0.119 e. The third kappa shape index (κ3) is 3.60. The normalized spacial score (nSPS) is 22.2. The average Bonchev–Trinajstić information content (AvgIpc) is 2.65. The van der Waals surface area contributed by atoms with Crippen LogP contribution in [-0.2, 0) is 0 Å². The first-order chi connectivity index (χ1) is 11.7. The zero-order valence-corrected chi connectivity index (χ0v) is 14.4. The highest BCUT2D eigenvalue weighted by Crippen LogP contribution is 2.31. The van der Waals surface area contributed by atoms with E-state index < -0.39 is 0 Å². The molecule has 128 valence electrons. The molecule has 1 saturated heterocycles. The van der Waals surface area contributed by atoms with Gasteiger partial charge < -0.3 is 15.8 Å². The van der Waals surface area contributed by atoms with Crippen LogP contribution in [-0.4, -0.2) is 25.2 Å². The molecule has 1 aliphatic heterocycles. The van der Waals surface area contributed by atoms with E-state index >= 15 is 0 Å². The molecule has 2 heterocycles. The van der Waals surface area contributed by atoms with Crippen LogP contribution < -0.4 is 15.8 Å². The number of rotatable bonds is 6. The van der Waals surface area contributed by atoms with Crippen molar-refractivity contribution in [2.75, 3.05) is 20.2 Å². The molecule has 1 unspecified atom stereocenters. The molecular weight excluding hydrogens is 298 g/mol. The number of piperidine rings is 1. The maximum atomic E-state index is 6.55. The highest BCUT2D eigenvalue weighted by molar-refractivity contribution is 5.83. The van der Waals surface area contributed by atoms with Crippen molar-refractivity contribution in [3.05, 3.63) is 48.7 Å². The quantitative estimate of drug-likeness (QED) is 0.799. The molecule has 0 saturated carbocycles. The van der Waals surface area contributed by atoms with E-state index in [1.54, 1.807) is 7.11 Å². The topological polar surface area (TPSA) is 60.2 Å². The van der Waals surface area contributed by atoms with Crippen LogP contribution in [0.25, 0.3) is 10.9 Å². The standard InChI is InChI=1S/C20H27N3O/c1-3-14-13-22-10-8-15(14)4-6-19(21)17-9-11-23-20-7-5-16(24-2)12-18(17)20/h3,5,7,9,11-12,14-15,19,22H,1,4,6,8,10,13,21H2,2H3/t14-,15?,19+/m1/s1. The SMILES string of the molecule is C=C[C@@H]1CNCCC1CC[C@H](N)c1ccnc2ccc(OC)cc12. The van der Waals surface area contributed by atoms with Gasteiger partial charge in [-0.2, -0.15) is 0 Å². The van der Waals surface area contributed by atoms with Gasteiger partial charge in [-0.25, -0.2) is 0 Å². The molecule has 0 spiro atoms. The number of aromatic nitrogens is 1. The Hall–Kier alpha value is -1.91. The molecule has 0 bridgehead atoms. The first kappa shape index (κ1) is 16.9. The van der Waals surface area contributed by atoms with E-state index in [0.29, 0.717) is 11.8 Å². The lowest BCUT2D eigenvalue weighted by molar-refractivity contribution is 0.274. The highest BCUT2D eigenvalue weighted by Gasteiger charge is 2.23. The van der Waals surface area contributed by atoms with Gasteiger partial charge in [-0.1, -0.05) is 6.08 Å². The van der Waals surface area contributed by atoms with Gasteiger partial charge in [-0.15, -0.1) is 6.58 Å². The van der Waals surface area contributed by atoms with Gasteiger partial charge in [0, 0.05) is 24.2 Å². The summed E-state index contributed by atoms with van der Waals surface area (Å²) in [5, 5.41) is 4.54. The minimum absolute atomic E-state index is 0.0166. The van der Waals surface area contributed by atoms with Crippen LogP contribution in [0.15, 0.2) is 43.1 Å². The van der Waals surface area contributed by atoms with Crippen molar-refractivity contribution in [3.8, 4) is 5.75 Å². The van der Waals surface area contributed by atoms with Crippen molar-refractivity contribution in [2.24, 2.45) is 17.6 Å². The fourth-order valence-corrected chi connectivity index (χ4v) is 3.72. The van der Waals surface area contributed by atoms with Gasteiger partial charge in [-0.05, 0) is 67.5 Å². The summed E-state index contributed by atoms with van der Waals surface area (Å²) in [4.78, 5) is 4.44. The van der Waals surface area contributed by atoms with E-state index in [1.165, 1.54) is 6.42 Å². The van der Waals surface area contributed by atoms with Crippen molar-refractivity contribution in [1.29, 1.82) is 0 Å². The van der Waals surface area contributed by atoms with Crippen LogP contribution in [0.5, 0.6) is 5.75 Å². The van der Waals surface area contributed by atoms with Crippen LogP contribution in [0.2, 0.25) is 0 Å².